The molecule has 3 nitrogen and oxygen atoms in total. The third kappa shape index (κ3) is 5.70. The summed E-state index contributed by atoms with van der Waals surface area (Å²) in [5.74, 6) is -0.00469. The molecule has 0 unspecified atom stereocenters. The van der Waals surface area contributed by atoms with Gasteiger partial charge in [0.2, 0.25) is 0 Å². The topological polar surface area (TPSA) is 55.1 Å². The van der Waals surface area contributed by atoms with Crippen LogP contribution in [0.4, 0.5) is 0 Å². The predicted molar refractivity (Wildman–Crippen MR) is 81.8 cm³/mol. The average Bonchev–Trinajstić information content (AvgIpc) is 2.28. The zero-order chi connectivity index (χ0) is 12.0. The minimum atomic E-state index is -0.00469. The molecule has 0 saturated heterocycles. The van der Waals surface area contributed by atoms with Gasteiger partial charge in [0.1, 0.15) is 0 Å². The molecule has 5 heteroatoms. The lowest BCUT2D eigenvalue weighted by molar-refractivity contribution is 0.0953. The van der Waals surface area contributed by atoms with Crippen molar-refractivity contribution in [2.75, 3.05) is 13.1 Å². The minimum Gasteiger partial charge on any atom is -0.352 e. The SMILES string of the molecule is Cc1ccc(C(=O)NCCCCN)cc1I.Cl. The maximum absolute atomic E-state index is 11.7. The van der Waals surface area contributed by atoms with Crippen LogP contribution in [0.3, 0.4) is 0 Å². The quantitative estimate of drug-likeness (QED) is 0.620. The predicted octanol–water partition coefficient (Wildman–Crippen LogP) is 2.49. The van der Waals surface area contributed by atoms with E-state index in [1.54, 1.807) is 0 Å². The molecule has 1 rings (SSSR count). The number of carbonyl (C=O) groups excluding carboxylic acids is 1. The molecule has 0 spiro atoms. The summed E-state index contributed by atoms with van der Waals surface area (Å²) in [5, 5.41) is 2.88. The molecule has 0 bridgehead atoms. The van der Waals surface area contributed by atoms with Gasteiger partial charge in [0, 0.05) is 15.7 Å². The van der Waals surface area contributed by atoms with Gasteiger partial charge in [-0.05, 0) is 66.6 Å². The largest absolute Gasteiger partial charge is 0.352 e. The highest BCUT2D eigenvalue weighted by molar-refractivity contribution is 14.1. The number of hydrogen-bond donors (Lipinski definition) is 2. The first-order valence-corrected chi connectivity index (χ1v) is 6.47. The number of hydrogen-bond acceptors (Lipinski definition) is 2. The summed E-state index contributed by atoms with van der Waals surface area (Å²) in [6.45, 7) is 3.41. The second-order valence-electron chi connectivity index (χ2n) is 3.72. The van der Waals surface area contributed by atoms with Gasteiger partial charge in [0.25, 0.3) is 5.91 Å². The van der Waals surface area contributed by atoms with Gasteiger partial charge >= 0.3 is 0 Å². The third-order valence-corrected chi connectivity index (χ3v) is 3.51. The average molecular weight is 369 g/mol. The van der Waals surface area contributed by atoms with Crippen molar-refractivity contribution >= 4 is 40.9 Å². The number of halogens is 2. The molecule has 0 atom stereocenters. The Kier molecular flexibility index (Phi) is 8.55. The maximum atomic E-state index is 11.7. The maximum Gasteiger partial charge on any atom is 0.251 e. The fourth-order valence-corrected chi connectivity index (χ4v) is 1.82. The standard InChI is InChI=1S/C12H17IN2O.ClH/c1-9-4-5-10(8-11(9)13)12(16)15-7-3-2-6-14;/h4-5,8H,2-3,6-7,14H2,1H3,(H,15,16);1H. The van der Waals surface area contributed by atoms with Crippen LogP contribution in [0.5, 0.6) is 0 Å². The van der Waals surface area contributed by atoms with Crippen molar-refractivity contribution in [2.45, 2.75) is 19.8 Å². The van der Waals surface area contributed by atoms with Crippen molar-refractivity contribution in [3.8, 4) is 0 Å². The van der Waals surface area contributed by atoms with Crippen LogP contribution in [0, 0.1) is 10.5 Å². The fourth-order valence-electron chi connectivity index (χ4n) is 1.31. The van der Waals surface area contributed by atoms with Gasteiger partial charge in [-0.2, -0.15) is 0 Å². The number of nitrogens with one attached hydrogen (secondary N) is 1. The normalized spacial score (nSPS) is 9.59. The van der Waals surface area contributed by atoms with E-state index >= 15 is 0 Å². The van der Waals surface area contributed by atoms with Crippen molar-refractivity contribution in [2.24, 2.45) is 5.73 Å². The summed E-state index contributed by atoms with van der Waals surface area (Å²) >= 11 is 2.24. The molecule has 0 saturated carbocycles. The van der Waals surface area contributed by atoms with Gasteiger partial charge in [0.15, 0.2) is 0 Å². The molecule has 0 radical (unpaired) electrons. The van der Waals surface area contributed by atoms with Gasteiger partial charge in [-0.1, -0.05) is 6.07 Å². The molecule has 3 N–H and O–H groups in total. The molecular formula is C12H18ClIN2O. The molecule has 1 aromatic carbocycles. The van der Waals surface area contributed by atoms with Crippen LogP contribution in [0.25, 0.3) is 0 Å². The Bertz CT molecular complexity index is 372. The van der Waals surface area contributed by atoms with Crippen molar-refractivity contribution in [3.63, 3.8) is 0 Å². The number of carbonyl (C=O) groups is 1. The van der Waals surface area contributed by atoms with E-state index in [1.807, 2.05) is 25.1 Å². The summed E-state index contributed by atoms with van der Waals surface area (Å²) < 4.78 is 1.12. The monoisotopic (exact) mass is 368 g/mol. The highest BCUT2D eigenvalue weighted by Gasteiger charge is 2.05. The number of amides is 1. The minimum absolute atomic E-state index is 0. The Hall–Kier alpha value is -0.330. The summed E-state index contributed by atoms with van der Waals surface area (Å²) in [4.78, 5) is 11.7. The van der Waals surface area contributed by atoms with E-state index in [0.29, 0.717) is 13.1 Å². The van der Waals surface area contributed by atoms with Gasteiger partial charge in [-0.15, -0.1) is 12.4 Å². The molecule has 1 amide bonds. The van der Waals surface area contributed by atoms with Crippen molar-refractivity contribution in [3.05, 3.63) is 32.9 Å². The number of nitrogens with two attached hydrogens (primary N) is 1. The molecule has 0 aromatic heterocycles. The first-order valence-electron chi connectivity index (χ1n) is 5.39. The first kappa shape index (κ1) is 16.7. The van der Waals surface area contributed by atoms with E-state index in [1.165, 1.54) is 5.56 Å². The Morgan fingerprint density at radius 1 is 1.41 bits per heavy atom. The molecule has 96 valence electrons. The lowest BCUT2D eigenvalue weighted by Gasteiger charge is -2.06. The number of unbranched alkanes of at least 4 members (excludes halogenated alkanes) is 1. The van der Waals surface area contributed by atoms with E-state index in [9.17, 15) is 4.79 Å². The summed E-state index contributed by atoms with van der Waals surface area (Å²) in [5.41, 5.74) is 7.30. The lowest BCUT2D eigenvalue weighted by atomic mass is 10.1. The van der Waals surface area contributed by atoms with Crippen LogP contribution in [0.2, 0.25) is 0 Å². The molecule has 0 aliphatic carbocycles. The van der Waals surface area contributed by atoms with Gasteiger partial charge in [-0.3, -0.25) is 4.79 Å². The summed E-state index contributed by atoms with van der Waals surface area (Å²) in [6.07, 6.45) is 1.89. The van der Waals surface area contributed by atoms with Crippen molar-refractivity contribution < 1.29 is 4.79 Å². The number of rotatable bonds is 5. The van der Waals surface area contributed by atoms with Crippen LogP contribution < -0.4 is 11.1 Å². The van der Waals surface area contributed by atoms with Crippen LogP contribution in [-0.4, -0.2) is 19.0 Å². The van der Waals surface area contributed by atoms with Gasteiger partial charge < -0.3 is 11.1 Å². The first-order chi connectivity index (χ1) is 7.65. The molecule has 0 aliphatic rings. The van der Waals surface area contributed by atoms with E-state index in [2.05, 4.69) is 27.9 Å². The number of benzene rings is 1. The zero-order valence-corrected chi connectivity index (χ0v) is 12.8. The molecule has 0 fully saturated rings. The van der Waals surface area contributed by atoms with E-state index < -0.39 is 0 Å². The molecule has 0 heterocycles. The van der Waals surface area contributed by atoms with Crippen molar-refractivity contribution in [1.29, 1.82) is 0 Å². The Labute approximate surface area is 122 Å². The summed E-state index contributed by atoms with van der Waals surface area (Å²) in [6, 6.07) is 5.74. The van der Waals surface area contributed by atoms with Crippen LogP contribution >= 0.6 is 35.0 Å². The van der Waals surface area contributed by atoms with Gasteiger partial charge in [0.05, 0.1) is 0 Å². The number of aryl methyl sites for hydroxylation is 1. The second kappa shape index (κ2) is 8.72. The van der Waals surface area contributed by atoms with E-state index in [4.69, 9.17) is 5.73 Å². The molecule has 0 aliphatic heterocycles. The van der Waals surface area contributed by atoms with Crippen LogP contribution in [-0.2, 0) is 0 Å². The summed E-state index contributed by atoms with van der Waals surface area (Å²) in [7, 11) is 0. The molecule has 1 aromatic rings. The van der Waals surface area contributed by atoms with E-state index in [-0.39, 0.29) is 18.3 Å². The Balaban J connectivity index is 0.00000256. The third-order valence-electron chi connectivity index (χ3n) is 2.35. The van der Waals surface area contributed by atoms with E-state index in [0.717, 1.165) is 22.0 Å². The Morgan fingerprint density at radius 3 is 2.71 bits per heavy atom. The highest BCUT2D eigenvalue weighted by Crippen LogP contribution is 2.13. The molecule has 17 heavy (non-hydrogen) atoms. The van der Waals surface area contributed by atoms with Crippen LogP contribution in [0.15, 0.2) is 18.2 Å². The highest BCUT2D eigenvalue weighted by atomic mass is 127. The molecular weight excluding hydrogens is 351 g/mol. The van der Waals surface area contributed by atoms with Gasteiger partial charge in [-0.25, -0.2) is 0 Å². The van der Waals surface area contributed by atoms with Crippen LogP contribution in [0.1, 0.15) is 28.8 Å². The lowest BCUT2D eigenvalue weighted by Crippen LogP contribution is -2.24. The van der Waals surface area contributed by atoms with Crippen molar-refractivity contribution in [1.82, 2.24) is 5.32 Å². The Morgan fingerprint density at radius 2 is 2.12 bits per heavy atom. The smallest absolute Gasteiger partial charge is 0.251 e. The fraction of sp³-hybridized carbons (Fsp3) is 0.417. The second-order valence-corrected chi connectivity index (χ2v) is 4.88. The zero-order valence-electron chi connectivity index (χ0n) is 9.83.